The van der Waals surface area contributed by atoms with Crippen molar-refractivity contribution in [2.24, 2.45) is 39.9 Å². The summed E-state index contributed by atoms with van der Waals surface area (Å²) in [4.78, 5) is 36.9. The van der Waals surface area contributed by atoms with Gasteiger partial charge in [0.15, 0.2) is 0 Å². The van der Waals surface area contributed by atoms with E-state index in [0.29, 0.717) is 6.42 Å². The Balaban J connectivity index is 1.67. The number of esters is 3. The maximum absolute atomic E-state index is 12.6. The average Bonchev–Trinajstić information content (AvgIpc) is 3.10. The van der Waals surface area contributed by atoms with Crippen molar-refractivity contribution in [3.63, 3.8) is 0 Å². The summed E-state index contributed by atoms with van der Waals surface area (Å²) < 4.78 is 23.6. The molecule has 3 saturated carbocycles. The van der Waals surface area contributed by atoms with E-state index in [1.54, 1.807) is 0 Å². The Hall–Kier alpha value is -1.63. The van der Waals surface area contributed by atoms with Gasteiger partial charge in [-0.05, 0) is 48.9 Å². The van der Waals surface area contributed by atoms with Gasteiger partial charge in [0.05, 0.1) is 5.92 Å². The summed E-state index contributed by atoms with van der Waals surface area (Å²) >= 11 is 0. The first-order chi connectivity index (χ1) is 14.5. The van der Waals surface area contributed by atoms with Gasteiger partial charge in [-0.2, -0.15) is 0 Å². The molecule has 0 radical (unpaired) electrons. The van der Waals surface area contributed by atoms with Crippen LogP contribution in [0, 0.1) is 39.9 Å². The van der Waals surface area contributed by atoms with Gasteiger partial charge < -0.3 is 18.9 Å². The molecule has 172 valence electrons. The first-order valence-electron chi connectivity index (χ1n) is 11.7. The fraction of sp³-hybridized carbons (Fsp3) is 0.875. The van der Waals surface area contributed by atoms with Gasteiger partial charge >= 0.3 is 17.9 Å². The van der Waals surface area contributed by atoms with E-state index in [4.69, 9.17) is 18.9 Å². The minimum absolute atomic E-state index is 0.0172. The van der Waals surface area contributed by atoms with Gasteiger partial charge in [0.1, 0.15) is 6.10 Å². The molecule has 0 bridgehead atoms. The largest absolute Gasteiger partial charge is 0.462 e. The Morgan fingerprint density at radius 1 is 1.03 bits per heavy atom. The van der Waals surface area contributed by atoms with Crippen molar-refractivity contribution in [2.45, 2.75) is 91.8 Å². The van der Waals surface area contributed by atoms with Crippen molar-refractivity contribution in [2.75, 3.05) is 0 Å². The molecule has 7 heteroatoms. The van der Waals surface area contributed by atoms with Crippen LogP contribution < -0.4 is 0 Å². The molecule has 2 saturated heterocycles. The van der Waals surface area contributed by atoms with Crippen LogP contribution in [0.2, 0.25) is 0 Å². The minimum Gasteiger partial charge on any atom is -0.462 e. The van der Waals surface area contributed by atoms with Crippen molar-refractivity contribution < 1.29 is 33.3 Å². The molecule has 5 rings (SSSR count). The van der Waals surface area contributed by atoms with Crippen molar-refractivity contribution in [3.05, 3.63) is 0 Å². The van der Waals surface area contributed by atoms with Crippen LogP contribution in [0.3, 0.4) is 0 Å². The van der Waals surface area contributed by atoms with E-state index in [1.165, 1.54) is 13.8 Å². The third-order valence-corrected chi connectivity index (χ3v) is 9.40. The Kier molecular flexibility index (Phi) is 4.58. The number of hydrogen-bond acceptors (Lipinski definition) is 7. The zero-order chi connectivity index (χ0) is 22.3. The molecular formula is C24H34O7. The second kappa shape index (κ2) is 6.69. The summed E-state index contributed by atoms with van der Waals surface area (Å²) in [5.74, 6) is -0.961. The van der Waals surface area contributed by atoms with Crippen LogP contribution in [0.1, 0.15) is 73.1 Å². The fourth-order valence-electron chi connectivity index (χ4n) is 8.91. The normalized spacial score (nSPS) is 49.3. The van der Waals surface area contributed by atoms with E-state index >= 15 is 0 Å². The van der Waals surface area contributed by atoms with E-state index in [9.17, 15) is 14.4 Å². The molecule has 5 aliphatic rings. The van der Waals surface area contributed by atoms with E-state index in [-0.39, 0.29) is 52.5 Å². The molecule has 0 aromatic heterocycles. The molecular weight excluding hydrogens is 400 g/mol. The Morgan fingerprint density at radius 2 is 1.74 bits per heavy atom. The summed E-state index contributed by atoms with van der Waals surface area (Å²) in [5.41, 5.74) is -0.694. The Labute approximate surface area is 183 Å². The highest BCUT2D eigenvalue weighted by Gasteiger charge is 2.77. The lowest BCUT2D eigenvalue weighted by Crippen LogP contribution is -2.67. The van der Waals surface area contributed by atoms with Crippen LogP contribution >= 0.6 is 0 Å². The second-order valence-corrected chi connectivity index (χ2v) is 11.4. The Bertz CT molecular complexity index is 821. The number of rotatable bonds is 2. The quantitative estimate of drug-likeness (QED) is 0.485. The van der Waals surface area contributed by atoms with E-state index < -0.39 is 24.0 Å². The summed E-state index contributed by atoms with van der Waals surface area (Å²) in [6.45, 7) is 9.75. The second-order valence-electron chi connectivity index (χ2n) is 11.4. The Morgan fingerprint density at radius 3 is 2.42 bits per heavy atom. The molecule has 9 atom stereocenters. The molecule has 7 nitrogen and oxygen atoms in total. The number of carbonyl (C=O) groups excluding carboxylic acids is 3. The average molecular weight is 435 g/mol. The molecule has 3 aliphatic carbocycles. The van der Waals surface area contributed by atoms with Gasteiger partial charge in [-0.3, -0.25) is 14.4 Å². The first-order valence-corrected chi connectivity index (χ1v) is 11.7. The smallest absolute Gasteiger partial charge is 0.311 e. The third-order valence-electron chi connectivity index (χ3n) is 9.40. The first kappa shape index (κ1) is 21.2. The van der Waals surface area contributed by atoms with Gasteiger partial charge in [0.2, 0.25) is 12.6 Å². The van der Waals surface area contributed by atoms with Crippen molar-refractivity contribution in [1.29, 1.82) is 0 Å². The van der Waals surface area contributed by atoms with Crippen molar-refractivity contribution in [1.82, 2.24) is 0 Å². The van der Waals surface area contributed by atoms with Crippen LogP contribution in [0.4, 0.5) is 0 Å². The summed E-state index contributed by atoms with van der Waals surface area (Å²) in [5, 5.41) is 0. The zero-order valence-electron chi connectivity index (χ0n) is 19.1. The summed E-state index contributed by atoms with van der Waals surface area (Å²) in [6, 6.07) is 0. The number of ether oxygens (including phenoxy) is 4. The predicted molar refractivity (Wildman–Crippen MR) is 108 cm³/mol. The van der Waals surface area contributed by atoms with Crippen molar-refractivity contribution in [3.8, 4) is 0 Å². The van der Waals surface area contributed by atoms with Gasteiger partial charge in [-0.25, -0.2) is 0 Å². The van der Waals surface area contributed by atoms with Crippen LogP contribution in [-0.4, -0.2) is 36.6 Å². The third kappa shape index (κ3) is 2.77. The number of hydrogen-bond donors (Lipinski definition) is 0. The lowest BCUT2D eigenvalue weighted by molar-refractivity contribution is -0.272. The van der Waals surface area contributed by atoms with E-state index in [1.807, 2.05) is 0 Å². The molecule has 5 fully saturated rings. The highest BCUT2D eigenvalue weighted by atomic mass is 16.8. The summed E-state index contributed by atoms with van der Waals surface area (Å²) in [6.07, 6.45) is 3.58. The maximum atomic E-state index is 12.6. The van der Waals surface area contributed by atoms with Gasteiger partial charge in [-0.15, -0.1) is 0 Å². The maximum Gasteiger partial charge on any atom is 0.311 e. The van der Waals surface area contributed by atoms with Crippen molar-refractivity contribution >= 4 is 17.9 Å². The molecule has 1 spiro atoms. The molecule has 0 N–H and O–H groups in total. The van der Waals surface area contributed by atoms with Gasteiger partial charge in [0, 0.05) is 31.1 Å². The van der Waals surface area contributed by atoms with Crippen LogP contribution in [-0.2, 0) is 33.3 Å². The molecule has 9 unspecified atom stereocenters. The van der Waals surface area contributed by atoms with Crippen LogP contribution in [0.15, 0.2) is 0 Å². The van der Waals surface area contributed by atoms with Crippen LogP contribution in [0.25, 0.3) is 0 Å². The molecule has 0 amide bonds. The topological polar surface area (TPSA) is 88.1 Å². The number of fused-ring (bicyclic) bond motifs is 2. The SMILES string of the molecule is CC(=O)OC1CC23C(OC(C)=O)OC4OC(=O)C(CCC2C2(C)CCCC(C)(C)C12)C43. The van der Waals surface area contributed by atoms with Gasteiger partial charge in [0.25, 0.3) is 0 Å². The van der Waals surface area contributed by atoms with E-state index in [0.717, 1.165) is 32.1 Å². The zero-order valence-corrected chi connectivity index (χ0v) is 19.1. The molecule has 31 heavy (non-hydrogen) atoms. The monoisotopic (exact) mass is 434 g/mol. The van der Waals surface area contributed by atoms with Crippen LogP contribution in [0.5, 0.6) is 0 Å². The molecule has 2 aliphatic heterocycles. The van der Waals surface area contributed by atoms with Gasteiger partial charge in [-0.1, -0.05) is 27.2 Å². The number of carbonyl (C=O) groups is 3. The molecule has 0 aromatic carbocycles. The molecule has 2 heterocycles. The minimum atomic E-state index is -0.790. The predicted octanol–water partition coefficient (Wildman–Crippen LogP) is 3.59. The lowest BCUT2D eigenvalue weighted by Gasteiger charge is -2.66. The van der Waals surface area contributed by atoms with E-state index in [2.05, 4.69) is 20.8 Å². The highest BCUT2D eigenvalue weighted by Crippen LogP contribution is 2.74. The molecule has 0 aromatic rings. The standard InChI is InChI=1S/C24H34O7/c1-12(25)28-15-11-24-16(23(5)10-6-9-22(3,4)18(15)23)8-7-14-17(24)20(30-19(14)27)31-21(24)29-13(2)26/h14-18,20-21H,6-11H2,1-5H3. The highest BCUT2D eigenvalue weighted by molar-refractivity contribution is 5.76. The lowest BCUT2D eigenvalue weighted by atomic mass is 9.38. The fourth-order valence-corrected chi connectivity index (χ4v) is 8.91. The summed E-state index contributed by atoms with van der Waals surface area (Å²) in [7, 11) is 0.